The molecule has 0 bridgehead atoms. The van der Waals surface area contributed by atoms with Gasteiger partial charge in [-0.15, -0.1) is 11.8 Å². The first kappa shape index (κ1) is 14.7. The van der Waals surface area contributed by atoms with E-state index in [4.69, 9.17) is 11.6 Å². The van der Waals surface area contributed by atoms with Crippen LogP contribution in [-0.4, -0.2) is 28.4 Å². The predicted molar refractivity (Wildman–Crippen MR) is 79.0 cm³/mol. The summed E-state index contributed by atoms with van der Waals surface area (Å²) >= 11 is 7.68. The van der Waals surface area contributed by atoms with Gasteiger partial charge in [0.25, 0.3) is 0 Å². The molecule has 0 saturated heterocycles. The van der Waals surface area contributed by atoms with E-state index in [9.17, 15) is 9.90 Å². The predicted octanol–water partition coefficient (Wildman–Crippen LogP) is 3.42. The van der Waals surface area contributed by atoms with Crippen molar-refractivity contribution in [2.75, 3.05) is 5.75 Å². The standard InChI is InChI=1S/C14H18ClNO2S/c1-14(13(17)18,16-10-6-7-10)8-9-19-12-5-3-2-4-11(12)15/h2-5,10,16H,6-9H2,1H3,(H,17,18). The van der Waals surface area contributed by atoms with Crippen molar-refractivity contribution in [1.82, 2.24) is 5.32 Å². The van der Waals surface area contributed by atoms with Crippen LogP contribution in [0, 0.1) is 0 Å². The van der Waals surface area contributed by atoms with Gasteiger partial charge in [-0.05, 0) is 38.3 Å². The Bertz CT molecular complexity index is 465. The molecule has 0 heterocycles. The second-order valence-corrected chi connectivity index (χ2v) is 6.63. The number of carboxylic acid groups (broad SMARTS) is 1. The fourth-order valence-electron chi connectivity index (χ4n) is 1.85. The van der Waals surface area contributed by atoms with E-state index in [-0.39, 0.29) is 0 Å². The molecule has 0 radical (unpaired) electrons. The van der Waals surface area contributed by atoms with Crippen LogP contribution in [0.15, 0.2) is 29.2 Å². The Balaban J connectivity index is 1.88. The third-order valence-corrected chi connectivity index (χ3v) is 4.79. The lowest BCUT2D eigenvalue weighted by Crippen LogP contribution is -2.50. The van der Waals surface area contributed by atoms with Crippen LogP contribution in [0.5, 0.6) is 0 Å². The molecule has 0 spiro atoms. The molecule has 0 aromatic heterocycles. The van der Waals surface area contributed by atoms with E-state index in [1.165, 1.54) is 0 Å². The Hall–Kier alpha value is -0.710. The van der Waals surface area contributed by atoms with Crippen molar-refractivity contribution in [3.63, 3.8) is 0 Å². The number of hydrogen-bond donors (Lipinski definition) is 2. The minimum atomic E-state index is -0.838. The first-order valence-electron chi connectivity index (χ1n) is 6.40. The Morgan fingerprint density at radius 2 is 2.21 bits per heavy atom. The van der Waals surface area contributed by atoms with Crippen LogP contribution in [0.1, 0.15) is 26.2 Å². The molecule has 5 heteroatoms. The molecule has 1 saturated carbocycles. The molecule has 1 aromatic carbocycles. The van der Waals surface area contributed by atoms with Gasteiger partial charge in [0.05, 0.1) is 5.02 Å². The van der Waals surface area contributed by atoms with Crippen LogP contribution in [0.3, 0.4) is 0 Å². The second-order valence-electron chi connectivity index (χ2n) is 5.08. The van der Waals surface area contributed by atoms with Gasteiger partial charge in [-0.25, -0.2) is 0 Å². The highest BCUT2D eigenvalue weighted by Crippen LogP contribution is 2.30. The van der Waals surface area contributed by atoms with Gasteiger partial charge in [0.15, 0.2) is 0 Å². The molecular formula is C14H18ClNO2S. The number of rotatable bonds is 7. The smallest absolute Gasteiger partial charge is 0.323 e. The fraction of sp³-hybridized carbons (Fsp3) is 0.500. The molecule has 0 amide bonds. The summed E-state index contributed by atoms with van der Waals surface area (Å²) in [6.45, 7) is 1.76. The van der Waals surface area contributed by atoms with Crippen LogP contribution in [0.2, 0.25) is 5.02 Å². The molecule has 104 valence electrons. The highest BCUT2D eigenvalue weighted by atomic mass is 35.5. The van der Waals surface area contributed by atoms with E-state index < -0.39 is 11.5 Å². The van der Waals surface area contributed by atoms with Crippen molar-refractivity contribution in [1.29, 1.82) is 0 Å². The van der Waals surface area contributed by atoms with Gasteiger partial charge in [0.1, 0.15) is 5.54 Å². The molecule has 0 aliphatic heterocycles. The number of carboxylic acids is 1. The lowest BCUT2D eigenvalue weighted by molar-refractivity contribution is -0.144. The van der Waals surface area contributed by atoms with Crippen molar-refractivity contribution < 1.29 is 9.90 Å². The average Bonchev–Trinajstić information content (AvgIpc) is 3.15. The van der Waals surface area contributed by atoms with Crippen molar-refractivity contribution in [2.24, 2.45) is 0 Å². The van der Waals surface area contributed by atoms with Crippen molar-refractivity contribution in [3.05, 3.63) is 29.3 Å². The Labute approximate surface area is 122 Å². The molecule has 3 nitrogen and oxygen atoms in total. The molecule has 2 rings (SSSR count). The molecule has 1 aliphatic carbocycles. The summed E-state index contributed by atoms with van der Waals surface area (Å²) in [6, 6.07) is 8.02. The molecule has 1 unspecified atom stereocenters. The van der Waals surface area contributed by atoms with Gasteiger partial charge in [0, 0.05) is 16.7 Å². The van der Waals surface area contributed by atoms with E-state index >= 15 is 0 Å². The third-order valence-electron chi connectivity index (χ3n) is 3.27. The summed E-state index contributed by atoms with van der Waals surface area (Å²) < 4.78 is 0. The first-order valence-corrected chi connectivity index (χ1v) is 7.76. The lowest BCUT2D eigenvalue weighted by Gasteiger charge is -2.26. The minimum Gasteiger partial charge on any atom is -0.480 e. The largest absolute Gasteiger partial charge is 0.480 e. The van der Waals surface area contributed by atoms with Crippen molar-refractivity contribution in [2.45, 2.75) is 42.7 Å². The van der Waals surface area contributed by atoms with Gasteiger partial charge < -0.3 is 5.11 Å². The highest BCUT2D eigenvalue weighted by molar-refractivity contribution is 7.99. The Morgan fingerprint density at radius 1 is 1.53 bits per heavy atom. The summed E-state index contributed by atoms with van der Waals surface area (Å²) in [5, 5.41) is 13.3. The van der Waals surface area contributed by atoms with Crippen molar-refractivity contribution >= 4 is 29.3 Å². The summed E-state index contributed by atoms with van der Waals surface area (Å²) in [7, 11) is 0. The number of benzene rings is 1. The molecular weight excluding hydrogens is 282 g/mol. The van der Waals surface area contributed by atoms with Gasteiger partial charge in [-0.2, -0.15) is 0 Å². The SMILES string of the molecule is CC(CCSc1ccccc1Cl)(NC1CC1)C(=O)O. The number of hydrogen-bond acceptors (Lipinski definition) is 3. The maximum absolute atomic E-state index is 11.4. The normalized spacial score (nSPS) is 18.0. The zero-order chi connectivity index (χ0) is 13.9. The van der Waals surface area contributed by atoms with Crippen LogP contribution in [0.25, 0.3) is 0 Å². The molecule has 2 N–H and O–H groups in total. The second kappa shape index (κ2) is 6.16. The summed E-state index contributed by atoms with van der Waals surface area (Å²) in [4.78, 5) is 12.4. The van der Waals surface area contributed by atoms with Gasteiger partial charge in [-0.1, -0.05) is 23.7 Å². The fourth-order valence-corrected chi connectivity index (χ4v) is 3.26. The molecule has 1 atom stereocenters. The quantitative estimate of drug-likeness (QED) is 0.758. The van der Waals surface area contributed by atoms with Crippen LogP contribution >= 0.6 is 23.4 Å². The average molecular weight is 300 g/mol. The van der Waals surface area contributed by atoms with Crippen molar-refractivity contribution in [3.8, 4) is 0 Å². The van der Waals surface area contributed by atoms with Crippen LogP contribution < -0.4 is 5.32 Å². The van der Waals surface area contributed by atoms with Crippen LogP contribution in [-0.2, 0) is 4.79 Å². The number of thioether (sulfide) groups is 1. The number of aliphatic carboxylic acids is 1. The Kier molecular flexibility index (Phi) is 4.76. The third kappa shape index (κ3) is 4.13. The Morgan fingerprint density at radius 3 is 2.79 bits per heavy atom. The monoisotopic (exact) mass is 299 g/mol. The molecule has 1 fully saturated rings. The molecule has 1 aliphatic rings. The summed E-state index contributed by atoms with van der Waals surface area (Å²) in [5.74, 6) is -0.0501. The van der Waals surface area contributed by atoms with E-state index in [1.807, 2.05) is 24.3 Å². The van der Waals surface area contributed by atoms with Gasteiger partial charge in [0.2, 0.25) is 0 Å². The van der Waals surface area contributed by atoms with E-state index in [2.05, 4.69) is 5.32 Å². The van der Waals surface area contributed by atoms with E-state index in [0.29, 0.717) is 12.5 Å². The summed E-state index contributed by atoms with van der Waals surface area (Å²) in [5.41, 5.74) is -0.838. The first-order chi connectivity index (χ1) is 9.01. The molecule has 1 aromatic rings. The minimum absolute atomic E-state index is 0.381. The number of halogens is 1. The maximum Gasteiger partial charge on any atom is 0.323 e. The number of nitrogens with one attached hydrogen (secondary N) is 1. The zero-order valence-electron chi connectivity index (χ0n) is 10.9. The number of carbonyl (C=O) groups is 1. The van der Waals surface area contributed by atoms with Gasteiger partial charge >= 0.3 is 5.97 Å². The molecule has 19 heavy (non-hydrogen) atoms. The topological polar surface area (TPSA) is 49.3 Å². The zero-order valence-corrected chi connectivity index (χ0v) is 12.4. The van der Waals surface area contributed by atoms with Crippen LogP contribution in [0.4, 0.5) is 0 Å². The maximum atomic E-state index is 11.4. The van der Waals surface area contributed by atoms with Gasteiger partial charge in [-0.3, -0.25) is 10.1 Å². The van der Waals surface area contributed by atoms with E-state index in [1.54, 1.807) is 18.7 Å². The summed E-state index contributed by atoms with van der Waals surface area (Å²) in [6.07, 6.45) is 2.75. The van der Waals surface area contributed by atoms with E-state index in [0.717, 1.165) is 28.5 Å². The highest BCUT2D eigenvalue weighted by Gasteiger charge is 2.37. The lowest BCUT2D eigenvalue weighted by atomic mass is 9.99.